The van der Waals surface area contributed by atoms with E-state index in [9.17, 15) is 14.4 Å². The van der Waals surface area contributed by atoms with Crippen LogP contribution in [0.4, 0.5) is 4.79 Å². The van der Waals surface area contributed by atoms with Gasteiger partial charge in [0.05, 0.1) is 24.8 Å². The number of carbonyl (C=O) groups excluding carboxylic acids is 3. The Labute approximate surface area is 189 Å². The van der Waals surface area contributed by atoms with E-state index in [4.69, 9.17) is 9.47 Å². The number of carbonyl (C=O) groups is 3. The molecule has 32 heavy (non-hydrogen) atoms. The molecule has 0 saturated carbocycles. The average molecular weight is 447 g/mol. The van der Waals surface area contributed by atoms with Crippen LogP contribution in [0, 0.1) is 0 Å². The van der Waals surface area contributed by atoms with E-state index in [1.807, 2.05) is 30.3 Å². The Kier molecular flexibility index (Phi) is 8.87. The Hall–Kier alpha value is -2.65. The number of piperidine rings is 2. The fourth-order valence-electron chi connectivity index (χ4n) is 4.09. The van der Waals surface area contributed by atoms with Crippen molar-refractivity contribution in [2.75, 3.05) is 40.3 Å². The Morgan fingerprint density at radius 1 is 1.12 bits per heavy atom. The third-order valence-corrected chi connectivity index (χ3v) is 5.92. The summed E-state index contributed by atoms with van der Waals surface area (Å²) in [5.41, 5.74) is 0.904. The lowest BCUT2D eigenvalue weighted by Crippen LogP contribution is -2.60. The van der Waals surface area contributed by atoms with Crippen LogP contribution < -0.4 is 10.6 Å². The Morgan fingerprint density at radius 3 is 2.53 bits per heavy atom. The standard InChI is InChI=1S/C23H34N4O5/c1-26(2)22(29)21(28)25-19-9-6-14-27(20(19)16-31-18-10-12-24-13-11-18)23(30)32-15-17-7-4-3-5-8-17/h3-5,7-8,18-20,24H,6,9-16H2,1-2H3,(H,25,28). The number of rotatable bonds is 6. The molecule has 0 spiro atoms. The number of likely N-dealkylation sites (N-methyl/N-ethyl adjacent to an activating group) is 1. The predicted molar refractivity (Wildman–Crippen MR) is 119 cm³/mol. The highest BCUT2D eigenvalue weighted by molar-refractivity contribution is 6.34. The number of hydrogen-bond acceptors (Lipinski definition) is 6. The minimum Gasteiger partial charge on any atom is -0.445 e. The fourth-order valence-corrected chi connectivity index (χ4v) is 4.09. The minimum atomic E-state index is -0.675. The van der Waals surface area contributed by atoms with Crippen molar-refractivity contribution in [1.82, 2.24) is 20.4 Å². The number of amides is 3. The molecule has 1 aromatic carbocycles. The topological polar surface area (TPSA) is 100 Å². The quantitative estimate of drug-likeness (QED) is 0.636. The Balaban J connectivity index is 1.67. The van der Waals surface area contributed by atoms with Crippen LogP contribution in [0.5, 0.6) is 0 Å². The zero-order chi connectivity index (χ0) is 22.9. The SMILES string of the molecule is CN(C)C(=O)C(=O)NC1CCCN(C(=O)OCc2ccccc2)C1COC1CCNCC1. The first-order chi connectivity index (χ1) is 15.5. The van der Waals surface area contributed by atoms with Gasteiger partial charge in [0.25, 0.3) is 0 Å². The lowest BCUT2D eigenvalue weighted by molar-refractivity contribution is -0.145. The van der Waals surface area contributed by atoms with Gasteiger partial charge in [-0.25, -0.2) is 4.79 Å². The lowest BCUT2D eigenvalue weighted by Gasteiger charge is -2.41. The van der Waals surface area contributed by atoms with Crippen LogP contribution in [0.3, 0.4) is 0 Å². The van der Waals surface area contributed by atoms with E-state index in [0.717, 1.165) is 31.5 Å². The maximum Gasteiger partial charge on any atom is 0.410 e. The van der Waals surface area contributed by atoms with E-state index >= 15 is 0 Å². The molecule has 2 aliphatic rings. The van der Waals surface area contributed by atoms with Gasteiger partial charge in [0, 0.05) is 20.6 Å². The molecule has 0 aliphatic carbocycles. The normalized spacial score (nSPS) is 21.6. The third kappa shape index (κ3) is 6.67. The van der Waals surface area contributed by atoms with Crippen molar-refractivity contribution in [2.45, 2.75) is 50.5 Å². The molecule has 2 atom stereocenters. The molecule has 2 heterocycles. The van der Waals surface area contributed by atoms with Gasteiger partial charge in [0.2, 0.25) is 0 Å². The molecule has 1 aromatic rings. The summed E-state index contributed by atoms with van der Waals surface area (Å²) in [6.45, 7) is 2.77. The van der Waals surface area contributed by atoms with Crippen molar-refractivity contribution in [2.24, 2.45) is 0 Å². The molecule has 0 bridgehead atoms. The summed E-state index contributed by atoms with van der Waals surface area (Å²) >= 11 is 0. The van der Waals surface area contributed by atoms with Crippen LogP contribution in [0.2, 0.25) is 0 Å². The largest absolute Gasteiger partial charge is 0.445 e. The van der Waals surface area contributed by atoms with E-state index in [0.29, 0.717) is 19.4 Å². The monoisotopic (exact) mass is 446 g/mol. The molecule has 3 rings (SSSR count). The first-order valence-corrected chi connectivity index (χ1v) is 11.3. The number of nitrogens with zero attached hydrogens (tertiary/aromatic N) is 2. The van der Waals surface area contributed by atoms with Crippen LogP contribution in [0.1, 0.15) is 31.2 Å². The number of benzene rings is 1. The summed E-state index contributed by atoms with van der Waals surface area (Å²) in [5.74, 6) is -1.29. The van der Waals surface area contributed by atoms with Gasteiger partial charge in [0.1, 0.15) is 6.61 Å². The van der Waals surface area contributed by atoms with Crippen LogP contribution in [-0.2, 0) is 25.7 Å². The van der Waals surface area contributed by atoms with E-state index < -0.39 is 23.9 Å². The first-order valence-electron chi connectivity index (χ1n) is 11.3. The zero-order valence-corrected chi connectivity index (χ0v) is 18.9. The molecular formula is C23H34N4O5. The molecule has 9 nitrogen and oxygen atoms in total. The molecule has 3 amide bonds. The number of hydrogen-bond donors (Lipinski definition) is 2. The van der Waals surface area contributed by atoms with Crippen LogP contribution >= 0.6 is 0 Å². The van der Waals surface area contributed by atoms with E-state index in [2.05, 4.69) is 10.6 Å². The molecular weight excluding hydrogens is 412 g/mol. The van der Waals surface area contributed by atoms with Crippen LogP contribution in [0.25, 0.3) is 0 Å². The van der Waals surface area contributed by atoms with Gasteiger partial charge in [0.15, 0.2) is 0 Å². The van der Waals surface area contributed by atoms with E-state index in [1.165, 1.54) is 19.0 Å². The van der Waals surface area contributed by atoms with Crippen LogP contribution in [0.15, 0.2) is 30.3 Å². The number of likely N-dealkylation sites (tertiary alicyclic amines) is 1. The maximum atomic E-state index is 13.0. The van der Waals surface area contributed by atoms with Gasteiger partial charge in [-0.1, -0.05) is 30.3 Å². The van der Waals surface area contributed by atoms with Gasteiger partial charge in [-0.3, -0.25) is 9.59 Å². The maximum absolute atomic E-state index is 13.0. The van der Waals surface area contributed by atoms with Crippen molar-refractivity contribution in [3.05, 3.63) is 35.9 Å². The van der Waals surface area contributed by atoms with Gasteiger partial charge < -0.3 is 29.9 Å². The van der Waals surface area contributed by atoms with Crippen molar-refractivity contribution in [3.8, 4) is 0 Å². The fraction of sp³-hybridized carbons (Fsp3) is 0.609. The second-order valence-electron chi connectivity index (χ2n) is 8.51. The van der Waals surface area contributed by atoms with E-state index in [1.54, 1.807) is 4.90 Å². The molecule has 0 aromatic heterocycles. The smallest absolute Gasteiger partial charge is 0.410 e. The summed E-state index contributed by atoms with van der Waals surface area (Å²) in [6.07, 6.45) is 2.84. The minimum absolute atomic E-state index is 0.111. The second-order valence-corrected chi connectivity index (χ2v) is 8.51. The van der Waals surface area contributed by atoms with Gasteiger partial charge in [-0.2, -0.15) is 0 Å². The van der Waals surface area contributed by atoms with Gasteiger partial charge >= 0.3 is 17.9 Å². The first kappa shape index (κ1) is 24.0. The van der Waals surface area contributed by atoms with Crippen molar-refractivity contribution in [1.29, 1.82) is 0 Å². The molecule has 2 aliphatic heterocycles. The highest BCUT2D eigenvalue weighted by atomic mass is 16.6. The van der Waals surface area contributed by atoms with Crippen molar-refractivity contribution >= 4 is 17.9 Å². The average Bonchev–Trinajstić information content (AvgIpc) is 2.82. The van der Waals surface area contributed by atoms with Gasteiger partial charge in [-0.15, -0.1) is 0 Å². The van der Waals surface area contributed by atoms with E-state index in [-0.39, 0.29) is 25.4 Å². The van der Waals surface area contributed by atoms with Crippen LogP contribution in [-0.4, -0.2) is 86.2 Å². The molecule has 176 valence electrons. The Morgan fingerprint density at radius 2 is 1.84 bits per heavy atom. The highest BCUT2D eigenvalue weighted by Gasteiger charge is 2.38. The zero-order valence-electron chi connectivity index (χ0n) is 18.9. The molecule has 9 heteroatoms. The summed E-state index contributed by atoms with van der Waals surface area (Å²) in [4.78, 5) is 40.3. The lowest BCUT2D eigenvalue weighted by atomic mass is 9.96. The number of nitrogens with one attached hydrogen (secondary N) is 2. The summed E-state index contributed by atoms with van der Waals surface area (Å²) in [5, 5.41) is 6.13. The van der Waals surface area contributed by atoms with Gasteiger partial charge in [-0.05, 0) is 44.3 Å². The molecule has 2 unspecified atom stereocenters. The summed E-state index contributed by atoms with van der Waals surface area (Å²) in [6, 6.07) is 8.72. The predicted octanol–water partition coefficient (Wildman–Crippen LogP) is 1.13. The second kappa shape index (κ2) is 11.8. The third-order valence-electron chi connectivity index (χ3n) is 5.92. The highest BCUT2D eigenvalue weighted by Crippen LogP contribution is 2.21. The van der Waals surface area contributed by atoms with Crippen molar-refractivity contribution < 1.29 is 23.9 Å². The molecule has 0 radical (unpaired) electrons. The summed E-state index contributed by atoms with van der Waals surface area (Å²) < 4.78 is 11.7. The molecule has 2 N–H and O–H groups in total. The molecule has 2 fully saturated rings. The summed E-state index contributed by atoms with van der Waals surface area (Å²) in [7, 11) is 3.07. The van der Waals surface area contributed by atoms with Crippen molar-refractivity contribution in [3.63, 3.8) is 0 Å². The molecule has 2 saturated heterocycles. The Bertz CT molecular complexity index is 767. The number of ether oxygens (including phenoxy) is 2.